The van der Waals surface area contributed by atoms with Gasteiger partial charge in [0.25, 0.3) is 5.91 Å². The quantitative estimate of drug-likeness (QED) is 0.447. The van der Waals surface area contributed by atoms with Gasteiger partial charge in [-0.1, -0.05) is 48.5 Å². The third kappa shape index (κ3) is 5.56. The summed E-state index contributed by atoms with van der Waals surface area (Å²) in [6, 6.07) is 14.8. The lowest BCUT2D eigenvalue weighted by molar-refractivity contribution is -0.194. The monoisotopic (exact) mass is 494 g/mol. The predicted molar refractivity (Wildman–Crippen MR) is 119 cm³/mol. The summed E-state index contributed by atoms with van der Waals surface area (Å²) in [6.45, 7) is 0.458. The summed E-state index contributed by atoms with van der Waals surface area (Å²) in [5, 5.41) is 22.2. The number of amides is 2. The van der Waals surface area contributed by atoms with Crippen molar-refractivity contribution < 1.29 is 42.5 Å². The maximum atomic E-state index is 13.8. The van der Waals surface area contributed by atoms with Gasteiger partial charge in [0.05, 0.1) is 12.0 Å². The number of rotatable bonds is 8. The molecule has 11 heteroatoms. The molecular formula is C24H25F3N2O6. The standard InChI is InChI=1S/C24H25F3N2O6/c1-22(34,11-19(30)31)13-28-20(32)23(2,24(25,26)27)29-21(33)35-12-18-16-9-5-3-7-14(16)15-8-4-6-10-17(15)18/h3-10,18,34H,11-13H2,1-2H3,(H,28,32)(H,29,33)(H,30,31). The number of alkyl carbamates (subject to hydrolysis) is 1. The third-order valence-electron chi connectivity index (χ3n) is 5.88. The number of carboxylic acids is 1. The first-order chi connectivity index (χ1) is 16.2. The van der Waals surface area contributed by atoms with E-state index < -0.39 is 54.2 Å². The van der Waals surface area contributed by atoms with Gasteiger partial charge in [-0.3, -0.25) is 14.9 Å². The Morgan fingerprint density at radius 1 is 0.971 bits per heavy atom. The predicted octanol–water partition coefficient (Wildman–Crippen LogP) is 3.19. The van der Waals surface area contributed by atoms with Crippen LogP contribution in [0.15, 0.2) is 48.5 Å². The fourth-order valence-corrected chi connectivity index (χ4v) is 3.93. The van der Waals surface area contributed by atoms with Crippen molar-refractivity contribution in [3.8, 4) is 11.1 Å². The van der Waals surface area contributed by atoms with Crippen LogP contribution in [0, 0.1) is 0 Å². The van der Waals surface area contributed by atoms with Crippen LogP contribution in [0.5, 0.6) is 0 Å². The van der Waals surface area contributed by atoms with Crippen LogP contribution in [0.2, 0.25) is 0 Å². The normalized spacial score (nSPS) is 16.3. The molecule has 0 heterocycles. The number of aliphatic carboxylic acids is 1. The summed E-state index contributed by atoms with van der Waals surface area (Å²) < 4.78 is 46.5. The molecule has 0 fully saturated rings. The third-order valence-corrected chi connectivity index (χ3v) is 5.88. The second-order valence-electron chi connectivity index (χ2n) is 8.82. The Hall–Kier alpha value is -3.60. The Morgan fingerprint density at radius 3 is 1.97 bits per heavy atom. The number of hydrogen-bond acceptors (Lipinski definition) is 5. The molecule has 2 aromatic rings. The summed E-state index contributed by atoms with van der Waals surface area (Å²) in [4.78, 5) is 35.6. The van der Waals surface area contributed by atoms with Gasteiger partial charge in [0.15, 0.2) is 0 Å². The van der Waals surface area contributed by atoms with Crippen LogP contribution in [-0.4, -0.2) is 58.7 Å². The van der Waals surface area contributed by atoms with Crippen LogP contribution < -0.4 is 10.6 Å². The first-order valence-electron chi connectivity index (χ1n) is 10.7. The van der Waals surface area contributed by atoms with Crippen molar-refractivity contribution in [2.75, 3.05) is 13.2 Å². The fraction of sp³-hybridized carbons (Fsp3) is 0.375. The number of carboxylic acid groups (broad SMARTS) is 1. The Morgan fingerprint density at radius 2 is 1.49 bits per heavy atom. The Balaban J connectivity index is 1.71. The van der Waals surface area contributed by atoms with Gasteiger partial charge in [0.1, 0.15) is 6.61 Å². The van der Waals surface area contributed by atoms with Gasteiger partial charge < -0.3 is 20.3 Å². The average molecular weight is 494 g/mol. The minimum absolute atomic E-state index is 0.261. The molecule has 2 unspecified atom stereocenters. The molecule has 0 saturated heterocycles. The highest BCUT2D eigenvalue weighted by atomic mass is 19.4. The van der Waals surface area contributed by atoms with Crippen LogP contribution in [0.3, 0.4) is 0 Å². The van der Waals surface area contributed by atoms with E-state index in [4.69, 9.17) is 9.84 Å². The van der Waals surface area contributed by atoms with E-state index in [1.807, 2.05) is 53.8 Å². The van der Waals surface area contributed by atoms with E-state index in [1.54, 1.807) is 5.32 Å². The zero-order valence-electron chi connectivity index (χ0n) is 19.0. The number of carbonyl (C=O) groups excluding carboxylic acids is 2. The maximum Gasteiger partial charge on any atom is 0.420 e. The molecule has 0 saturated carbocycles. The summed E-state index contributed by atoms with van der Waals surface area (Å²) in [6.07, 6.45) is -7.49. The van der Waals surface area contributed by atoms with E-state index in [9.17, 15) is 32.7 Å². The number of carbonyl (C=O) groups is 3. The highest BCUT2D eigenvalue weighted by molar-refractivity contribution is 5.90. The molecule has 8 nitrogen and oxygen atoms in total. The fourth-order valence-electron chi connectivity index (χ4n) is 3.93. The molecule has 0 spiro atoms. The number of halogens is 3. The molecule has 0 radical (unpaired) electrons. The zero-order chi connectivity index (χ0) is 26.0. The molecule has 3 rings (SSSR count). The highest BCUT2D eigenvalue weighted by Crippen LogP contribution is 2.44. The average Bonchev–Trinajstić information content (AvgIpc) is 3.08. The molecule has 0 aromatic heterocycles. The molecule has 2 aromatic carbocycles. The summed E-state index contributed by atoms with van der Waals surface area (Å²) in [5.41, 5.74) is -1.81. The number of fused-ring (bicyclic) bond motifs is 3. The van der Waals surface area contributed by atoms with Crippen molar-refractivity contribution in [3.05, 3.63) is 59.7 Å². The summed E-state index contributed by atoms with van der Waals surface area (Å²) in [5.74, 6) is -3.48. The lowest BCUT2D eigenvalue weighted by Crippen LogP contribution is -2.66. The van der Waals surface area contributed by atoms with Crippen LogP contribution in [0.4, 0.5) is 18.0 Å². The highest BCUT2D eigenvalue weighted by Gasteiger charge is 2.58. The number of alkyl halides is 3. The van der Waals surface area contributed by atoms with E-state index in [-0.39, 0.29) is 6.61 Å². The van der Waals surface area contributed by atoms with Crippen molar-refractivity contribution in [3.63, 3.8) is 0 Å². The minimum atomic E-state index is -5.22. The smallest absolute Gasteiger partial charge is 0.420 e. The van der Waals surface area contributed by atoms with Crippen molar-refractivity contribution in [1.29, 1.82) is 0 Å². The molecule has 0 bridgehead atoms. The molecule has 2 atom stereocenters. The van der Waals surface area contributed by atoms with E-state index in [2.05, 4.69) is 0 Å². The molecule has 1 aliphatic rings. The van der Waals surface area contributed by atoms with Crippen molar-refractivity contribution in [1.82, 2.24) is 10.6 Å². The SMILES string of the molecule is CC(O)(CNC(=O)C(C)(NC(=O)OCC1c2ccccc2-c2ccccc21)C(F)(F)F)CC(=O)O. The minimum Gasteiger partial charge on any atom is -0.481 e. The van der Waals surface area contributed by atoms with Crippen LogP contribution >= 0.6 is 0 Å². The van der Waals surface area contributed by atoms with Crippen LogP contribution in [-0.2, 0) is 14.3 Å². The van der Waals surface area contributed by atoms with Gasteiger partial charge in [-0.2, -0.15) is 13.2 Å². The lowest BCUT2D eigenvalue weighted by atomic mass is 9.98. The molecular weight excluding hydrogens is 469 g/mol. The van der Waals surface area contributed by atoms with Gasteiger partial charge in [-0.25, -0.2) is 4.79 Å². The molecule has 2 amide bonds. The Kier molecular flexibility index (Phi) is 7.11. The molecule has 4 N–H and O–H groups in total. The van der Waals surface area contributed by atoms with Crippen LogP contribution in [0.1, 0.15) is 37.3 Å². The van der Waals surface area contributed by atoms with Crippen LogP contribution in [0.25, 0.3) is 11.1 Å². The largest absolute Gasteiger partial charge is 0.481 e. The number of nitrogens with one attached hydrogen (secondary N) is 2. The van der Waals surface area contributed by atoms with Crippen molar-refractivity contribution >= 4 is 18.0 Å². The van der Waals surface area contributed by atoms with E-state index in [0.717, 1.165) is 29.2 Å². The number of hydrogen-bond donors (Lipinski definition) is 4. The Bertz CT molecular complexity index is 1090. The number of benzene rings is 2. The number of ether oxygens (including phenoxy) is 1. The van der Waals surface area contributed by atoms with Gasteiger partial charge >= 0.3 is 18.2 Å². The van der Waals surface area contributed by atoms with Gasteiger partial charge in [-0.05, 0) is 36.1 Å². The molecule has 0 aliphatic heterocycles. The second kappa shape index (κ2) is 9.57. The second-order valence-corrected chi connectivity index (χ2v) is 8.82. The summed E-state index contributed by atoms with van der Waals surface area (Å²) in [7, 11) is 0. The molecule has 35 heavy (non-hydrogen) atoms. The topological polar surface area (TPSA) is 125 Å². The lowest BCUT2D eigenvalue weighted by Gasteiger charge is -2.32. The number of aliphatic hydroxyl groups is 1. The van der Waals surface area contributed by atoms with Gasteiger partial charge in [0.2, 0.25) is 5.54 Å². The zero-order valence-corrected chi connectivity index (χ0v) is 19.0. The first-order valence-corrected chi connectivity index (χ1v) is 10.7. The molecule has 1 aliphatic carbocycles. The van der Waals surface area contributed by atoms with Crippen molar-refractivity contribution in [2.45, 2.75) is 43.5 Å². The van der Waals surface area contributed by atoms with Gasteiger partial charge in [-0.15, -0.1) is 0 Å². The summed E-state index contributed by atoms with van der Waals surface area (Å²) >= 11 is 0. The van der Waals surface area contributed by atoms with Gasteiger partial charge in [0, 0.05) is 12.5 Å². The van der Waals surface area contributed by atoms with E-state index in [1.165, 1.54) is 0 Å². The molecule has 188 valence electrons. The van der Waals surface area contributed by atoms with E-state index >= 15 is 0 Å². The van der Waals surface area contributed by atoms with E-state index in [0.29, 0.717) is 6.92 Å². The van der Waals surface area contributed by atoms with Crippen molar-refractivity contribution in [2.24, 2.45) is 0 Å². The maximum absolute atomic E-state index is 13.8. The first kappa shape index (κ1) is 26.0. The Labute approximate surface area is 199 Å².